The average Bonchev–Trinajstić information content (AvgIpc) is 2.27. The lowest BCUT2D eigenvalue weighted by Crippen LogP contribution is -1.80. The van der Waals surface area contributed by atoms with Gasteiger partial charge < -0.3 is 10.7 Å². The predicted molar refractivity (Wildman–Crippen MR) is 45.5 cm³/mol. The summed E-state index contributed by atoms with van der Waals surface area (Å²) in [6.45, 7) is 0. The second-order valence-electron chi connectivity index (χ2n) is 2.32. The molecule has 0 aromatic carbocycles. The summed E-state index contributed by atoms with van der Waals surface area (Å²) < 4.78 is 0. The fourth-order valence-corrected chi connectivity index (χ4v) is 1.18. The van der Waals surface area contributed by atoms with Gasteiger partial charge in [-0.2, -0.15) is 0 Å². The van der Waals surface area contributed by atoms with Gasteiger partial charge in [-0.1, -0.05) is 11.6 Å². The standard InChI is InChI=1S/C7H6ClN3/c8-6-2-5-4(3-10-6)1-7(9)11-5/h1-3,11H,9H2. The maximum absolute atomic E-state index is 5.66. The largest absolute Gasteiger partial charge is 0.385 e. The molecule has 2 aromatic heterocycles. The quantitative estimate of drug-likeness (QED) is 0.588. The topological polar surface area (TPSA) is 54.7 Å². The first kappa shape index (κ1) is 6.49. The van der Waals surface area contributed by atoms with Crippen LogP contribution in [0.1, 0.15) is 0 Å². The van der Waals surface area contributed by atoms with Gasteiger partial charge in [0.05, 0.1) is 5.52 Å². The van der Waals surface area contributed by atoms with Crippen LogP contribution in [0, 0.1) is 0 Å². The number of fused-ring (bicyclic) bond motifs is 1. The van der Waals surface area contributed by atoms with Crippen LogP contribution in [0.5, 0.6) is 0 Å². The van der Waals surface area contributed by atoms with E-state index in [0.717, 1.165) is 10.9 Å². The van der Waals surface area contributed by atoms with Crippen molar-refractivity contribution >= 4 is 28.3 Å². The van der Waals surface area contributed by atoms with Crippen LogP contribution >= 0.6 is 11.6 Å². The van der Waals surface area contributed by atoms with E-state index < -0.39 is 0 Å². The number of hydrogen-bond acceptors (Lipinski definition) is 2. The van der Waals surface area contributed by atoms with Crippen LogP contribution in [0.4, 0.5) is 5.82 Å². The molecular formula is C7H6ClN3. The lowest BCUT2D eigenvalue weighted by Gasteiger charge is -1.87. The number of nitrogens with zero attached hydrogens (tertiary/aromatic N) is 1. The van der Waals surface area contributed by atoms with E-state index in [1.807, 2.05) is 6.07 Å². The number of aromatic amines is 1. The van der Waals surface area contributed by atoms with E-state index in [1.54, 1.807) is 12.3 Å². The van der Waals surface area contributed by atoms with Crippen molar-refractivity contribution < 1.29 is 0 Å². The van der Waals surface area contributed by atoms with Crippen molar-refractivity contribution in [2.45, 2.75) is 0 Å². The molecule has 0 aliphatic heterocycles. The molecule has 0 bridgehead atoms. The molecule has 0 saturated carbocycles. The molecule has 56 valence electrons. The summed E-state index contributed by atoms with van der Waals surface area (Å²) in [5, 5.41) is 1.45. The fraction of sp³-hybridized carbons (Fsp3) is 0. The van der Waals surface area contributed by atoms with Gasteiger partial charge in [0, 0.05) is 11.6 Å². The van der Waals surface area contributed by atoms with E-state index in [0.29, 0.717) is 11.0 Å². The predicted octanol–water partition coefficient (Wildman–Crippen LogP) is 1.80. The zero-order valence-corrected chi connectivity index (χ0v) is 6.39. The number of rotatable bonds is 0. The first-order chi connectivity index (χ1) is 5.25. The molecule has 11 heavy (non-hydrogen) atoms. The van der Waals surface area contributed by atoms with E-state index in [-0.39, 0.29) is 0 Å². The van der Waals surface area contributed by atoms with Crippen LogP contribution in [-0.2, 0) is 0 Å². The molecule has 2 heterocycles. The number of nitrogen functional groups attached to an aromatic ring is 1. The molecule has 0 aliphatic carbocycles. The minimum Gasteiger partial charge on any atom is -0.385 e. The van der Waals surface area contributed by atoms with Crippen LogP contribution in [0.3, 0.4) is 0 Å². The molecule has 0 unspecified atom stereocenters. The fourth-order valence-electron chi connectivity index (χ4n) is 1.02. The Hall–Kier alpha value is -1.22. The van der Waals surface area contributed by atoms with Crippen molar-refractivity contribution in [3.05, 3.63) is 23.5 Å². The summed E-state index contributed by atoms with van der Waals surface area (Å²) in [6, 6.07) is 3.56. The zero-order chi connectivity index (χ0) is 7.84. The number of pyridine rings is 1. The third-order valence-corrected chi connectivity index (χ3v) is 1.70. The monoisotopic (exact) mass is 167 g/mol. The Morgan fingerprint density at radius 1 is 1.45 bits per heavy atom. The normalized spacial score (nSPS) is 10.6. The van der Waals surface area contributed by atoms with Crippen LogP contribution in [0.2, 0.25) is 5.15 Å². The van der Waals surface area contributed by atoms with E-state index in [9.17, 15) is 0 Å². The van der Waals surface area contributed by atoms with Crippen molar-refractivity contribution in [3.8, 4) is 0 Å². The Bertz CT molecular complexity index is 393. The number of nitrogens with two attached hydrogens (primary N) is 1. The van der Waals surface area contributed by atoms with E-state index >= 15 is 0 Å². The molecule has 3 nitrogen and oxygen atoms in total. The summed E-state index contributed by atoms with van der Waals surface area (Å²) >= 11 is 5.66. The number of H-pyrrole nitrogens is 1. The number of hydrogen-bond donors (Lipinski definition) is 2. The highest BCUT2D eigenvalue weighted by Crippen LogP contribution is 2.17. The van der Waals surface area contributed by atoms with Gasteiger partial charge in [0.1, 0.15) is 11.0 Å². The molecule has 0 saturated heterocycles. The Morgan fingerprint density at radius 3 is 3.09 bits per heavy atom. The first-order valence-corrected chi connectivity index (χ1v) is 3.53. The Kier molecular flexibility index (Phi) is 1.26. The maximum atomic E-state index is 5.66. The van der Waals surface area contributed by atoms with E-state index in [1.165, 1.54) is 0 Å². The van der Waals surface area contributed by atoms with Gasteiger partial charge in [0.25, 0.3) is 0 Å². The minimum absolute atomic E-state index is 0.472. The van der Waals surface area contributed by atoms with Gasteiger partial charge in [-0.15, -0.1) is 0 Å². The number of aromatic nitrogens is 2. The summed E-state index contributed by atoms with van der Waals surface area (Å²) in [5.74, 6) is 0.629. The smallest absolute Gasteiger partial charge is 0.131 e. The third kappa shape index (κ3) is 1.03. The van der Waals surface area contributed by atoms with Gasteiger partial charge in [-0.05, 0) is 12.1 Å². The van der Waals surface area contributed by atoms with Crippen molar-refractivity contribution in [3.63, 3.8) is 0 Å². The minimum atomic E-state index is 0.472. The van der Waals surface area contributed by atoms with Gasteiger partial charge in [0.15, 0.2) is 0 Å². The van der Waals surface area contributed by atoms with Crippen LogP contribution in [0.25, 0.3) is 10.9 Å². The van der Waals surface area contributed by atoms with Crippen LogP contribution < -0.4 is 5.73 Å². The molecule has 4 heteroatoms. The van der Waals surface area contributed by atoms with E-state index in [4.69, 9.17) is 17.3 Å². The van der Waals surface area contributed by atoms with Crippen molar-refractivity contribution in [1.82, 2.24) is 9.97 Å². The summed E-state index contributed by atoms with van der Waals surface area (Å²) in [7, 11) is 0. The summed E-state index contributed by atoms with van der Waals surface area (Å²) in [6.07, 6.45) is 1.69. The number of nitrogens with one attached hydrogen (secondary N) is 1. The highest BCUT2D eigenvalue weighted by molar-refractivity contribution is 6.30. The van der Waals surface area contributed by atoms with Crippen LogP contribution in [-0.4, -0.2) is 9.97 Å². The second-order valence-corrected chi connectivity index (χ2v) is 2.71. The van der Waals surface area contributed by atoms with Gasteiger partial charge in [-0.25, -0.2) is 4.98 Å². The van der Waals surface area contributed by atoms with Crippen molar-refractivity contribution in [1.29, 1.82) is 0 Å². The van der Waals surface area contributed by atoms with E-state index in [2.05, 4.69) is 9.97 Å². The summed E-state index contributed by atoms with van der Waals surface area (Å²) in [5.41, 5.74) is 6.43. The summed E-state index contributed by atoms with van der Waals surface area (Å²) in [4.78, 5) is 6.86. The maximum Gasteiger partial charge on any atom is 0.131 e. The lowest BCUT2D eigenvalue weighted by molar-refractivity contribution is 1.36. The molecular weight excluding hydrogens is 162 g/mol. The molecule has 3 N–H and O–H groups in total. The van der Waals surface area contributed by atoms with Crippen LogP contribution in [0.15, 0.2) is 18.3 Å². The molecule has 0 radical (unpaired) electrons. The Morgan fingerprint density at radius 2 is 2.27 bits per heavy atom. The SMILES string of the molecule is Nc1cc2cnc(Cl)cc2[nH]1. The van der Waals surface area contributed by atoms with Crippen molar-refractivity contribution in [2.75, 3.05) is 5.73 Å². The number of halogens is 1. The highest BCUT2D eigenvalue weighted by atomic mass is 35.5. The van der Waals surface area contributed by atoms with Gasteiger partial charge in [0.2, 0.25) is 0 Å². The second kappa shape index (κ2) is 2.13. The third-order valence-electron chi connectivity index (χ3n) is 1.49. The molecule has 0 spiro atoms. The number of anilines is 1. The Balaban J connectivity index is 2.82. The lowest BCUT2D eigenvalue weighted by atomic mass is 10.3. The average molecular weight is 168 g/mol. The molecule has 2 rings (SSSR count). The zero-order valence-electron chi connectivity index (χ0n) is 5.63. The van der Waals surface area contributed by atoms with Gasteiger partial charge in [-0.3, -0.25) is 0 Å². The molecule has 0 aliphatic rings. The first-order valence-electron chi connectivity index (χ1n) is 3.15. The molecule has 0 atom stereocenters. The van der Waals surface area contributed by atoms with Crippen molar-refractivity contribution in [2.24, 2.45) is 0 Å². The van der Waals surface area contributed by atoms with Gasteiger partial charge >= 0.3 is 0 Å². The Labute approximate surface area is 68.2 Å². The highest BCUT2D eigenvalue weighted by Gasteiger charge is 1.97. The molecule has 0 amide bonds. The molecule has 2 aromatic rings. The molecule has 0 fully saturated rings.